The molecule has 0 saturated carbocycles. The fourth-order valence-corrected chi connectivity index (χ4v) is 2.66. The van der Waals surface area contributed by atoms with Crippen molar-refractivity contribution in [2.45, 2.75) is 6.54 Å². The smallest absolute Gasteiger partial charge is 0.0949 e. The molecule has 4 heteroatoms. The molecule has 4 rings (SSSR count). The minimum atomic E-state index is 0.774. The molecule has 21 heavy (non-hydrogen) atoms. The van der Waals surface area contributed by atoms with Crippen molar-refractivity contribution in [2.75, 3.05) is 0 Å². The molecule has 0 saturated heterocycles. The number of pyridine rings is 1. The van der Waals surface area contributed by atoms with Crippen LogP contribution in [0.25, 0.3) is 22.3 Å². The number of nitrogens with one attached hydrogen (secondary N) is 1. The van der Waals surface area contributed by atoms with E-state index in [1.165, 1.54) is 10.9 Å². The SMILES string of the molecule is c1ccc(-c2[nH]c3ccccc3c2Cn2ccnc2)nc1. The van der Waals surface area contributed by atoms with E-state index in [0.717, 1.165) is 23.4 Å². The molecule has 0 aliphatic rings. The summed E-state index contributed by atoms with van der Waals surface area (Å²) in [5, 5.41) is 1.23. The van der Waals surface area contributed by atoms with E-state index in [0.29, 0.717) is 0 Å². The van der Waals surface area contributed by atoms with Gasteiger partial charge in [-0.15, -0.1) is 0 Å². The molecule has 4 nitrogen and oxygen atoms in total. The number of aromatic amines is 1. The number of H-pyrrole nitrogens is 1. The molecule has 0 radical (unpaired) electrons. The van der Waals surface area contributed by atoms with E-state index < -0.39 is 0 Å². The second-order valence-electron chi connectivity index (χ2n) is 4.97. The highest BCUT2D eigenvalue weighted by Gasteiger charge is 2.13. The number of hydrogen-bond donors (Lipinski definition) is 1. The third-order valence-electron chi connectivity index (χ3n) is 3.63. The summed E-state index contributed by atoms with van der Waals surface area (Å²) in [5.74, 6) is 0. The van der Waals surface area contributed by atoms with E-state index in [4.69, 9.17) is 0 Å². The zero-order chi connectivity index (χ0) is 14.1. The van der Waals surface area contributed by atoms with E-state index in [9.17, 15) is 0 Å². The van der Waals surface area contributed by atoms with Gasteiger partial charge in [0, 0.05) is 35.1 Å². The third-order valence-corrected chi connectivity index (χ3v) is 3.63. The summed E-state index contributed by atoms with van der Waals surface area (Å²) >= 11 is 0. The van der Waals surface area contributed by atoms with E-state index in [2.05, 4.69) is 37.7 Å². The monoisotopic (exact) mass is 274 g/mol. The maximum Gasteiger partial charge on any atom is 0.0949 e. The predicted molar refractivity (Wildman–Crippen MR) is 82.9 cm³/mol. The summed E-state index contributed by atoms with van der Waals surface area (Å²) in [6.07, 6.45) is 7.44. The van der Waals surface area contributed by atoms with Gasteiger partial charge in [-0.3, -0.25) is 4.98 Å². The van der Waals surface area contributed by atoms with Crippen LogP contribution in [-0.4, -0.2) is 19.5 Å². The van der Waals surface area contributed by atoms with Crippen LogP contribution in [0, 0.1) is 0 Å². The summed E-state index contributed by atoms with van der Waals surface area (Å²) in [4.78, 5) is 12.1. The van der Waals surface area contributed by atoms with Gasteiger partial charge in [0.05, 0.1) is 24.3 Å². The molecule has 4 aromatic rings. The summed E-state index contributed by atoms with van der Waals surface area (Å²) in [7, 11) is 0. The number of para-hydroxylation sites is 1. The fraction of sp³-hybridized carbons (Fsp3) is 0.0588. The molecular weight excluding hydrogens is 260 g/mol. The molecule has 0 fully saturated rings. The molecule has 0 amide bonds. The molecule has 0 spiro atoms. The lowest BCUT2D eigenvalue weighted by molar-refractivity contribution is 0.803. The highest BCUT2D eigenvalue weighted by molar-refractivity contribution is 5.90. The lowest BCUT2D eigenvalue weighted by Gasteiger charge is -2.05. The van der Waals surface area contributed by atoms with Crippen LogP contribution in [0.1, 0.15) is 5.56 Å². The van der Waals surface area contributed by atoms with Gasteiger partial charge < -0.3 is 9.55 Å². The van der Waals surface area contributed by atoms with Gasteiger partial charge in [-0.05, 0) is 18.2 Å². The summed E-state index contributed by atoms with van der Waals surface area (Å²) in [5.41, 5.74) is 4.41. The Balaban J connectivity index is 1.93. The van der Waals surface area contributed by atoms with Gasteiger partial charge in [0.1, 0.15) is 0 Å². The molecule has 0 aliphatic heterocycles. The highest BCUT2D eigenvalue weighted by atomic mass is 15.0. The predicted octanol–water partition coefficient (Wildman–Crippen LogP) is 3.47. The molecule has 0 atom stereocenters. The Labute approximate surface area is 122 Å². The molecule has 3 heterocycles. The maximum absolute atomic E-state index is 4.48. The molecule has 0 aliphatic carbocycles. The number of fused-ring (bicyclic) bond motifs is 1. The van der Waals surface area contributed by atoms with Crippen molar-refractivity contribution in [2.24, 2.45) is 0 Å². The minimum Gasteiger partial charge on any atom is -0.353 e. The van der Waals surface area contributed by atoms with Crippen molar-refractivity contribution in [3.05, 3.63) is 72.9 Å². The van der Waals surface area contributed by atoms with E-state index in [1.54, 1.807) is 6.20 Å². The van der Waals surface area contributed by atoms with Gasteiger partial charge in [-0.25, -0.2) is 4.98 Å². The first kappa shape index (κ1) is 11.9. The molecule has 1 aromatic carbocycles. The van der Waals surface area contributed by atoms with Crippen LogP contribution >= 0.6 is 0 Å². The summed E-state index contributed by atoms with van der Waals surface area (Å²) in [6.45, 7) is 0.774. The van der Waals surface area contributed by atoms with Crippen molar-refractivity contribution in [3.8, 4) is 11.4 Å². The Morgan fingerprint density at radius 2 is 1.90 bits per heavy atom. The zero-order valence-corrected chi connectivity index (χ0v) is 11.4. The first-order valence-electron chi connectivity index (χ1n) is 6.88. The average Bonchev–Trinajstić information content (AvgIpc) is 3.17. The molecule has 0 unspecified atom stereocenters. The second kappa shape index (κ2) is 4.90. The van der Waals surface area contributed by atoms with Crippen LogP contribution in [0.3, 0.4) is 0 Å². The quantitative estimate of drug-likeness (QED) is 0.621. The number of hydrogen-bond acceptors (Lipinski definition) is 2. The summed E-state index contributed by atoms with van der Waals surface area (Å²) < 4.78 is 2.07. The van der Waals surface area contributed by atoms with Gasteiger partial charge in [0.15, 0.2) is 0 Å². The van der Waals surface area contributed by atoms with Crippen molar-refractivity contribution < 1.29 is 0 Å². The van der Waals surface area contributed by atoms with Crippen LogP contribution in [-0.2, 0) is 6.54 Å². The van der Waals surface area contributed by atoms with Crippen LogP contribution in [0.2, 0.25) is 0 Å². The van der Waals surface area contributed by atoms with Crippen LogP contribution in [0.4, 0.5) is 0 Å². The average molecular weight is 274 g/mol. The zero-order valence-electron chi connectivity index (χ0n) is 11.4. The lowest BCUT2D eigenvalue weighted by Crippen LogP contribution is -1.98. The Morgan fingerprint density at radius 1 is 1.00 bits per heavy atom. The van der Waals surface area contributed by atoms with E-state index in [1.807, 2.05) is 43.0 Å². The van der Waals surface area contributed by atoms with Crippen molar-refractivity contribution >= 4 is 10.9 Å². The Hall–Kier alpha value is -2.88. The molecule has 3 aromatic heterocycles. The Kier molecular flexibility index (Phi) is 2.78. The molecule has 1 N–H and O–H groups in total. The molecular formula is C17H14N4. The third kappa shape index (κ3) is 2.10. The van der Waals surface area contributed by atoms with Crippen LogP contribution in [0.5, 0.6) is 0 Å². The van der Waals surface area contributed by atoms with Crippen molar-refractivity contribution in [1.29, 1.82) is 0 Å². The molecule has 102 valence electrons. The number of rotatable bonds is 3. The van der Waals surface area contributed by atoms with Gasteiger partial charge in [0.25, 0.3) is 0 Å². The number of imidazole rings is 1. The summed E-state index contributed by atoms with van der Waals surface area (Å²) in [6, 6.07) is 14.3. The second-order valence-corrected chi connectivity index (χ2v) is 4.97. The molecule has 0 bridgehead atoms. The van der Waals surface area contributed by atoms with E-state index in [-0.39, 0.29) is 0 Å². The van der Waals surface area contributed by atoms with Crippen LogP contribution in [0.15, 0.2) is 67.4 Å². The number of nitrogens with zero attached hydrogens (tertiary/aromatic N) is 3. The number of benzene rings is 1. The Morgan fingerprint density at radius 3 is 2.71 bits per heavy atom. The van der Waals surface area contributed by atoms with Crippen LogP contribution < -0.4 is 0 Å². The van der Waals surface area contributed by atoms with Gasteiger partial charge in [0.2, 0.25) is 0 Å². The lowest BCUT2D eigenvalue weighted by atomic mass is 10.1. The fourth-order valence-electron chi connectivity index (χ4n) is 2.66. The van der Waals surface area contributed by atoms with Crippen molar-refractivity contribution in [3.63, 3.8) is 0 Å². The van der Waals surface area contributed by atoms with Gasteiger partial charge in [-0.1, -0.05) is 24.3 Å². The Bertz CT molecular complexity index is 860. The number of aromatic nitrogens is 4. The topological polar surface area (TPSA) is 46.5 Å². The maximum atomic E-state index is 4.48. The van der Waals surface area contributed by atoms with Crippen molar-refractivity contribution in [1.82, 2.24) is 19.5 Å². The highest BCUT2D eigenvalue weighted by Crippen LogP contribution is 2.29. The first-order chi connectivity index (χ1) is 10.4. The first-order valence-corrected chi connectivity index (χ1v) is 6.88. The van der Waals surface area contributed by atoms with Gasteiger partial charge in [-0.2, -0.15) is 0 Å². The normalized spacial score (nSPS) is 11.0. The standard InChI is InChI=1S/C17H14N4/c1-2-6-15-13(5-1)14(11-21-10-9-18-12-21)17(20-15)16-7-3-4-8-19-16/h1-10,12,20H,11H2. The van der Waals surface area contributed by atoms with E-state index >= 15 is 0 Å². The minimum absolute atomic E-state index is 0.774. The van der Waals surface area contributed by atoms with Gasteiger partial charge >= 0.3 is 0 Å². The largest absolute Gasteiger partial charge is 0.353 e.